The highest BCUT2D eigenvalue weighted by Crippen LogP contribution is 2.40. The van der Waals surface area contributed by atoms with Crippen molar-refractivity contribution in [1.29, 1.82) is 0 Å². The number of carbonyl (C=O) groups is 1. The molecule has 18 heavy (non-hydrogen) atoms. The van der Waals surface area contributed by atoms with Crippen LogP contribution in [0.3, 0.4) is 0 Å². The first-order valence-electron chi connectivity index (χ1n) is 5.20. The molecule has 1 unspecified atom stereocenters. The molecular formula is C12H13NO5. The van der Waals surface area contributed by atoms with Crippen LogP contribution < -0.4 is 15.2 Å². The standard InChI is InChI=1S/C12H13NO5/c1-16-6-4-3-5-7(17-2)8(6)11-9(14)10(15)12(13)18-11/h3-5,11,15H,13H2,1-2H3. The molecule has 1 aromatic rings. The van der Waals surface area contributed by atoms with Gasteiger partial charge < -0.3 is 25.1 Å². The Balaban J connectivity index is 2.49. The third kappa shape index (κ3) is 1.71. The molecule has 0 radical (unpaired) electrons. The quantitative estimate of drug-likeness (QED) is 0.833. The number of aliphatic hydroxyl groups is 1. The monoisotopic (exact) mass is 251 g/mol. The number of ether oxygens (including phenoxy) is 3. The number of hydrogen-bond donors (Lipinski definition) is 2. The van der Waals surface area contributed by atoms with E-state index >= 15 is 0 Å². The molecule has 2 rings (SSSR count). The van der Waals surface area contributed by atoms with Gasteiger partial charge in [-0.1, -0.05) is 6.07 Å². The summed E-state index contributed by atoms with van der Waals surface area (Å²) in [5, 5.41) is 9.42. The molecule has 96 valence electrons. The van der Waals surface area contributed by atoms with Crippen molar-refractivity contribution in [3.63, 3.8) is 0 Å². The van der Waals surface area contributed by atoms with Crippen LogP contribution in [0.15, 0.2) is 29.8 Å². The largest absolute Gasteiger partial charge is 0.501 e. The summed E-state index contributed by atoms with van der Waals surface area (Å²) in [6.07, 6.45) is -1.05. The first kappa shape index (κ1) is 12.1. The summed E-state index contributed by atoms with van der Waals surface area (Å²) in [5.41, 5.74) is 5.79. The van der Waals surface area contributed by atoms with Gasteiger partial charge in [0, 0.05) is 0 Å². The van der Waals surface area contributed by atoms with Gasteiger partial charge >= 0.3 is 0 Å². The highest BCUT2D eigenvalue weighted by molar-refractivity contribution is 6.00. The Bertz CT molecular complexity index is 501. The Morgan fingerprint density at radius 2 is 1.83 bits per heavy atom. The number of carbonyl (C=O) groups excluding carboxylic acids is 1. The van der Waals surface area contributed by atoms with Crippen molar-refractivity contribution < 1.29 is 24.1 Å². The number of aliphatic hydroxyl groups excluding tert-OH is 1. The molecule has 0 saturated carbocycles. The van der Waals surface area contributed by atoms with E-state index in [1.54, 1.807) is 18.2 Å². The normalized spacial score (nSPS) is 18.8. The van der Waals surface area contributed by atoms with E-state index in [-0.39, 0.29) is 5.88 Å². The van der Waals surface area contributed by atoms with Crippen LogP contribution in [-0.2, 0) is 9.53 Å². The van der Waals surface area contributed by atoms with Gasteiger partial charge in [-0.25, -0.2) is 0 Å². The summed E-state index contributed by atoms with van der Waals surface area (Å²) >= 11 is 0. The van der Waals surface area contributed by atoms with Crippen molar-refractivity contribution in [3.8, 4) is 11.5 Å². The van der Waals surface area contributed by atoms with Gasteiger partial charge in [-0.2, -0.15) is 0 Å². The number of methoxy groups -OCH3 is 2. The zero-order valence-electron chi connectivity index (χ0n) is 9.97. The van der Waals surface area contributed by atoms with E-state index in [9.17, 15) is 9.90 Å². The highest BCUT2D eigenvalue weighted by atomic mass is 16.5. The fourth-order valence-corrected chi connectivity index (χ4v) is 1.81. The molecule has 0 spiro atoms. The van der Waals surface area contributed by atoms with Crippen molar-refractivity contribution in [3.05, 3.63) is 35.4 Å². The number of ketones is 1. The van der Waals surface area contributed by atoms with Gasteiger partial charge in [0.15, 0.2) is 6.10 Å². The van der Waals surface area contributed by atoms with E-state index in [0.717, 1.165) is 0 Å². The van der Waals surface area contributed by atoms with E-state index in [1.807, 2.05) is 0 Å². The lowest BCUT2D eigenvalue weighted by atomic mass is 10.0. The molecule has 0 bridgehead atoms. The van der Waals surface area contributed by atoms with Crippen molar-refractivity contribution in [1.82, 2.24) is 0 Å². The Hall–Kier alpha value is -2.37. The first-order chi connectivity index (χ1) is 8.60. The van der Waals surface area contributed by atoms with Crippen LogP contribution in [0.5, 0.6) is 11.5 Å². The van der Waals surface area contributed by atoms with Gasteiger partial charge in [0.05, 0.1) is 19.8 Å². The Morgan fingerprint density at radius 3 is 2.22 bits per heavy atom. The van der Waals surface area contributed by atoms with Crippen LogP contribution in [-0.4, -0.2) is 25.1 Å². The summed E-state index contributed by atoms with van der Waals surface area (Å²) in [5.74, 6) is -0.633. The van der Waals surface area contributed by atoms with Crippen molar-refractivity contribution in [2.24, 2.45) is 5.73 Å². The average Bonchev–Trinajstić information content (AvgIpc) is 2.65. The number of Topliss-reactive ketones (excluding diaryl/α,β-unsaturated/α-hetero) is 1. The summed E-state index contributed by atoms with van der Waals surface area (Å²) in [6, 6.07) is 5.05. The molecule has 0 aromatic heterocycles. The van der Waals surface area contributed by atoms with Gasteiger partial charge in [-0.15, -0.1) is 0 Å². The Morgan fingerprint density at radius 1 is 1.28 bits per heavy atom. The van der Waals surface area contributed by atoms with Gasteiger partial charge in [-0.05, 0) is 12.1 Å². The van der Waals surface area contributed by atoms with E-state index in [0.29, 0.717) is 17.1 Å². The first-order valence-corrected chi connectivity index (χ1v) is 5.20. The predicted octanol–water partition coefficient (Wildman–Crippen LogP) is 1.03. The van der Waals surface area contributed by atoms with E-state index in [1.165, 1.54) is 14.2 Å². The van der Waals surface area contributed by atoms with Crippen LogP contribution in [0.4, 0.5) is 0 Å². The molecule has 1 aliphatic rings. The summed E-state index contributed by atoms with van der Waals surface area (Å²) in [4.78, 5) is 11.8. The minimum atomic E-state index is -1.05. The number of hydrogen-bond acceptors (Lipinski definition) is 6. The van der Waals surface area contributed by atoms with Crippen molar-refractivity contribution in [2.45, 2.75) is 6.10 Å². The van der Waals surface area contributed by atoms with Crippen LogP contribution in [0, 0.1) is 0 Å². The van der Waals surface area contributed by atoms with E-state index < -0.39 is 17.6 Å². The molecule has 1 aliphatic heterocycles. The lowest BCUT2D eigenvalue weighted by Crippen LogP contribution is -2.12. The molecule has 6 heteroatoms. The summed E-state index contributed by atoms with van der Waals surface area (Å²) < 4.78 is 15.5. The summed E-state index contributed by atoms with van der Waals surface area (Å²) in [6.45, 7) is 0. The molecule has 0 saturated heterocycles. The molecule has 3 N–H and O–H groups in total. The lowest BCUT2D eigenvalue weighted by molar-refractivity contribution is -0.123. The third-order valence-corrected chi connectivity index (χ3v) is 2.68. The number of nitrogens with two attached hydrogens (primary N) is 1. The van der Waals surface area contributed by atoms with Gasteiger partial charge in [0.2, 0.25) is 17.4 Å². The zero-order valence-corrected chi connectivity index (χ0v) is 9.97. The fraction of sp³-hybridized carbons (Fsp3) is 0.250. The Kier molecular flexibility index (Phi) is 3.01. The maximum Gasteiger partial charge on any atom is 0.248 e. The molecule has 6 nitrogen and oxygen atoms in total. The van der Waals surface area contributed by atoms with Crippen LogP contribution in [0.2, 0.25) is 0 Å². The minimum absolute atomic E-state index is 0.294. The lowest BCUT2D eigenvalue weighted by Gasteiger charge is -2.17. The maximum atomic E-state index is 11.8. The zero-order chi connectivity index (χ0) is 13.3. The minimum Gasteiger partial charge on any atom is -0.501 e. The van der Waals surface area contributed by atoms with Gasteiger partial charge in [-0.3, -0.25) is 4.79 Å². The SMILES string of the molecule is COc1cccc(OC)c1C1OC(N)=C(O)C1=O. The number of rotatable bonds is 3. The van der Waals surface area contributed by atoms with Gasteiger partial charge in [0.25, 0.3) is 0 Å². The van der Waals surface area contributed by atoms with Crippen molar-refractivity contribution in [2.75, 3.05) is 14.2 Å². The summed E-state index contributed by atoms with van der Waals surface area (Å²) in [7, 11) is 2.93. The topological polar surface area (TPSA) is 91.0 Å². The molecule has 1 aromatic carbocycles. The molecular weight excluding hydrogens is 238 g/mol. The smallest absolute Gasteiger partial charge is 0.248 e. The average molecular weight is 251 g/mol. The molecule has 1 atom stereocenters. The molecule has 1 heterocycles. The van der Waals surface area contributed by atoms with E-state index in [2.05, 4.69) is 0 Å². The van der Waals surface area contributed by atoms with Crippen LogP contribution in [0.25, 0.3) is 0 Å². The predicted molar refractivity (Wildman–Crippen MR) is 62.2 cm³/mol. The number of benzene rings is 1. The second-order valence-electron chi connectivity index (χ2n) is 3.65. The van der Waals surface area contributed by atoms with Crippen LogP contribution >= 0.6 is 0 Å². The van der Waals surface area contributed by atoms with Gasteiger partial charge in [0.1, 0.15) is 11.5 Å². The van der Waals surface area contributed by atoms with Crippen molar-refractivity contribution >= 4 is 5.78 Å². The molecule has 0 amide bonds. The third-order valence-electron chi connectivity index (χ3n) is 2.68. The molecule has 0 aliphatic carbocycles. The van der Waals surface area contributed by atoms with E-state index in [4.69, 9.17) is 19.9 Å². The molecule has 0 fully saturated rings. The second kappa shape index (κ2) is 4.48. The highest BCUT2D eigenvalue weighted by Gasteiger charge is 2.39. The van der Waals surface area contributed by atoms with Crippen LogP contribution in [0.1, 0.15) is 11.7 Å². The fourth-order valence-electron chi connectivity index (χ4n) is 1.81. The maximum absolute atomic E-state index is 11.8. The second-order valence-corrected chi connectivity index (χ2v) is 3.65. The Labute approximate surface area is 104 Å².